The third kappa shape index (κ3) is 4.30. The fourth-order valence-corrected chi connectivity index (χ4v) is 3.72. The lowest BCUT2D eigenvalue weighted by atomic mass is 10.3. The van der Waals surface area contributed by atoms with Crippen LogP contribution in [-0.2, 0) is 10.5 Å². The summed E-state index contributed by atoms with van der Waals surface area (Å²) < 4.78 is 28.2. The number of benzene rings is 1. The Balaban J connectivity index is 1.59. The number of hydrogen-bond acceptors (Lipinski definition) is 5. The van der Waals surface area contributed by atoms with Crippen LogP contribution in [0.25, 0.3) is 16.9 Å². The molecule has 0 unspecified atom stereocenters. The Morgan fingerprint density at radius 3 is 2.63 bits per heavy atom. The molecule has 4 rings (SSSR count). The van der Waals surface area contributed by atoms with Crippen molar-refractivity contribution in [3.63, 3.8) is 0 Å². The van der Waals surface area contributed by atoms with Crippen LogP contribution in [0.4, 0.5) is 14.6 Å². The molecule has 1 amide bonds. The summed E-state index contributed by atoms with van der Waals surface area (Å²) in [6.45, 7) is 0.546. The van der Waals surface area contributed by atoms with Crippen molar-refractivity contribution in [1.29, 1.82) is 0 Å². The number of aromatic nitrogens is 4. The monoisotopic (exact) mass is 425 g/mol. The number of rotatable bonds is 6. The highest BCUT2D eigenvalue weighted by atomic mass is 32.2. The Kier molecular flexibility index (Phi) is 5.45. The van der Waals surface area contributed by atoms with Gasteiger partial charge in [0.25, 0.3) is 5.91 Å². The third-order valence-corrected chi connectivity index (χ3v) is 5.18. The summed E-state index contributed by atoms with van der Waals surface area (Å²) >= 11 is 1.44. The lowest BCUT2D eigenvalue weighted by Gasteiger charge is -2.11. The minimum Gasteiger partial charge on any atom is -0.305 e. The Morgan fingerprint density at radius 1 is 1.07 bits per heavy atom. The number of hydrogen-bond donors (Lipinski definition) is 1. The van der Waals surface area contributed by atoms with E-state index in [0.717, 1.165) is 22.0 Å². The van der Waals surface area contributed by atoms with Crippen molar-refractivity contribution >= 4 is 34.5 Å². The van der Waals surface area contributed by atoms with E-state index < -0.39 is 11.8 Å². The Labute approximate surface area is 175 Å². The van der Waals surface area contributed by atoms with Crippen molar-refractivity contribution in [2.75, 3.05) is 5.32 Å². The zero-order valence-electron chi connectivity index (χ0n) is 15.9. The molecule has 0 saturated carbocycles. The molecule has 4 aromatic rings. The average molecular weight is 425 g/mol. The molecule has 1 N–H and O–H groups in total. The van der Waals surface area contributed by atoms with Gasteiger partial charge in [0.2, 0.25) is 0 Å². The summed E-state index contributed by atoms with van der Waals surface area (Å²) in [6.07, 6.45) is 1.72. The number of carbonyl (C=O) groups excluding carboxylic acids is 1. The Hall–Kier alpha value is -3.33. The number of nitrogens with zero attached hydrogens (tertiary/aromatic N) is 4. The van der Waals surface area contributed by atoms with E-state index in [4.69, 9.17) is 4.98 Å². The molecule has 0 aliphatic rings. The summed E-state index contributed by atoms with van der Waals surface area (Å²) in [5.74, 6) is -3.61. The normalized spacial score (nSPS) is 11.6. The number of anilines is 1. The molecule has 0 fully saturated rings. The number of nitrogens with one attached hydrogen (secondary N) is 1. The van der Waals surface area contributed by atoms with Gasteiger partial charge in [0, 0.05) is 18.9 Å². The highest BCUT2D eigenvalue weighted by molar-refractivity contribution is 7.98. The molecule has 6 nitrogen and oxygen atoms in total. The smallest absolute Gasteiger partial charge is 0.305 e. The van der Waals surface area contributed by atoms with Gasteiger partial charge in [0.15, 0.2) is 5.16 Å². The fourth-order valence-electron chi connectivity index (χ4n) is 2.80. The van der Waals surface area contributed by atoms with E-state index in [1.54, 1.807) is 18.3 Å². The molecule has 30 heavy (non-hydrogen) atoms. The van der Waals surface area contributed by atoms with Gasteiger partial charge in [-0.15, -0.1) is 0 Å². The Morgan fingerprint density at radius 2 is 1.87 bits per heavy atom. The standard InChI is InChI=1S/C21H17F2N5OS/c1-21(22,23)19(29)27-17-10-6-7-14(25-17)13-30-20-26-15-8-2-3-9-16(15)28(20)18-11-4-5-12-24-18/h2-12H,13H2,1H3,(H,25,27,29). The van der Waals surface area contributed by atoms with E-state index >= 15 is 0 Å². The first-order valence-corrected chi connectivity index (χ1v) is 10.1. The molecule has 9 heteroatoms. The number of alkyl halides is 2. The summed E-state index contributed by atoms with van der Waals surface area (Å²) in [7, 11) is 0. The molecule has 0 saturated heterocycles. The predicted molar refractivity (Wildman–Crippen MR) is 112 cm³/mol. The number of thioether (sulfide) groups is 1. The van der Waals surface area contributed by atoms with E-state index in [2.05, 4.69) is 15.3 Å². The quantitative estimate of drug-likeness (QED) is 0.453. The van der Waals surface area contributed by atoms with Crippen LogP contribution in [0.5, 0.6) is 0 Å². The second-order valence-corrected chi connectivity index (χ2v) is 7.49. The van der Waals surface area contributed by atoms with Gasteiger partial charge >= 0.3 is 5.92 Å². The van der Waals surface area contributed by atoms with Crippen LogP contribution < -0.4 is 5.32 Å². The number of carbonyl (C=O) groups is 1. The molecule has 0 bridgehead atoms. The van der Waals surface area contributed by atoms with Gasteiger partial charge in [0.05, 0.1) is 16.7 Å². The molecule has 0 aliphatic heterocycles. The first-order valence-electron chi connectivity index (χ1n) is 9.09. The van der Waals surface area contributed by atoms with Crippen LogP contribution in [0.2, 0.25) is 0 Å². The third-order valence-electron chi connectivity index (χ3n) is 4.20. The lowest BCUT2D eigenvalue weighted by molar-refractivity contribution is -0.137. The number of para-hydroxylation sites is 2. The van der Waals surface area contributed by atoms with Crippen LogP contribution in [-0.4, -0.2) is 31.3 Å². The lowest BCUT2D eigenvalue weighted by Crippen LogP contribution is -2.31. The van der Waals surface area contributed by atoms with Crippen LogP contribution in [0.1, 0.15) is 12.6 Å². The maximum atomic E-state index is 13.1. The second kappa shape index (κ2) is 8.19. The van der Waals surface area contributed by atoms with E-state index in [0.29, 0.717) is 18.4 Å². The SMILES string of the molecule is CC(F)(F)C(=O)Nc1cccc(CSc2nc3ccccc3n2-c2ccccn2)n1. The molecule has 3 aromatic heterocycles. The average Bonchev–Trinajstić information content (AvgIpc) is 3.11. The predicted octanol–water partition coefficient (Wildman–Crippen LogP) is 4.70. The zero-order valence-corrected chi connectivity index (χ0v) is 16.7. The number of amides is 1. The molecule has 1 aromatic carbocycles. The molecule has 0 spiro atoms. The fraction of sp³-hybridized carbons (Fsp3) is 0.143. The first kappa shape index (κ1) is 20.0. The van der Waals surface area contributed by atoms with Crippen molar-refractivity contribution in [3.8, 4) is 5.82 Å². The van der Waals surface area contributed by atoms with Crippen molar-refractivity contribution < 1.29 is 13.6 Å². The van der Waals surface area contributed by atoms with Gasteiger partial charge in [-0.3, -0.25) is 9.36 Å². The molecule has 0 atom stereocenters. The summed E-state index contributed by atoms with van der Waals surface area (Å²) in [5.41, 5.74) is 2.39. The van der Waals surface area contributed by atoms with Crippen LogP contribution >= 0.6 is 11.8 Å². The summed E-state index contributed by atoms with van der Waals surface area (Å²) in [6, 6.07) is 18.3. The molecule has 0 aliphatic carbocycles. The van der Waals surface area contributed by atoms with Gasteiger partial charge in [-0.25, -0.2) is 15.0 Å². The van der Waals surface area contributed by atoms with Crippen molar-refractivity contribution in [2.24, 2.45) is 0 Å². The highest BCUT2D eigenvalue weighted by Gasteiger charge is 2.32. The van der Waals surface area contributed by atoms with E-state index in [9.17, 15) is 13.6 Å². The topological polar surface area (TPSA) is 72.7 Å². The maximum Gasteiger partial charge on any atom is 0.322 e. The van der Waals surface area contributed by atoms with Crippen molar-refractivity contribution in [3.05, 3.63) is 72.6 Å². The zero-order chi connectivity index (χ0) is 21.1. The van der Waals surface area contributed by atoms with Crippen LogP contribution in [0.3, 0.4) is 0 Å². The number of imidazole rings is 1. The van der Waals surface area contributed by atoms with Gasteiger partial charge in [0.1, 0.15) is 11.6 Å². The number of pyridine rings is 2. The van der Waals surface area contributed by atoms with Crippen molar-refractivity contribution in [2.45, 2.75) is 23.8 Å². The number of fused-ring (bicyclic) bond motifs is 1. The highest BCUT2D eigenvalue weighted by Crippen LogP contribution is 2.29. The van der Waals surface area contributed by atoms with E-state index in [1.165, 1.54) is 17.8 Å². The minimum absolute atomic E-state index is 0.0813. The van der Waals surface area contributed by atoms with Gasteiger partial charge in [-0.2, -0.15) is 8.78 Å². The van der Waals surface area contributed by atoms with Gasteiger partial charge in [-0.05, 0) is 36.4 Å². The molecule has 3 heterocycles. The number of halogens is 2. The summed E-state index contributed by atoms with van der Waals surface area (Å²) in [4.78, 5) is 24.9. The summed E-state index contributed by atoms with van der Waals surface area (Å²) in [5, 5.41) is 2.87. The molecular formula is C21H17F2N5OS. The largest absolute Gasteiger partial charge is 0.322 e. The van der Waals surface area contributed by atoms with Crippen LogP contribution in [0, 0.1) is 0 Å². The molecule has 0 radical (unpaired) electrons. The van der Waals surface area contributed by atoms with Crippen LogP contribution in [0.15, 0.2) is 72.0 Å². The van der Waals surface area contributed by atoms with Gasteiger partial charge < -0.3 is 5.32 Å². The minimum atomic E-state index is -3.47. The molecule has 152 valence electrons. The van der Waals surface area contributed by atoms with Gasteiger partial charge in [-0.1, -0.05) is 36.0 Å². The van der Waals surface area contributed by atoms with E-state index in [-0.39, 0.29) is 5.82 Å². The maximum absolute atomic E-state index is 13.1. The second-order valence-electron chi connectivity index (χ2n) is 6.55. The van der Waals surface area contributed by atoms with Crippen molar-refractivity contribution in [1.82, 2.24) is 19.5 Å². The Bertz CT molecular complexity index is 1190. The van der Waals surface area contributed by atoms with E-state index in [1.807, 2.05) is 47.0 Å². The molecular weight excluding hydrogens is 408 g/mol. The first-order chi connectivity index (χ1) is 14.4.